The Morgan fingerprint density at radius 2 is 1.81 bits per heavy atom. The average Bonchev–Trinajstić information content (AvgIpc) is 2.56. The SMILES string of the molecule is Cc1ccc(-c2cncc(C(=O)N3CCOCC3)c2)cc1. The molecule has 1 aliphatic rings. The molecule has 0 bridgehead atoms. The van der Waals surface area contributed by atoms with E-state index in [-0.39, 0.29) is 5.91 Å². The number of benzene rings is 1. The van der Waals surface area contributed by atoms with E-state index in [1.165, 1.54) is 5.56 Å². The van der Waals surface area contributed by atoms with Gasteiger partial charge in [-0.3, -0.25) is 9.78 Å². The smallest absolute Gasteiger partial charge is 0.255 e. The minimum absolute atomic E-state index is 0.0276. The number of nitrogens with zero attached hydrogens (tertiary/aromatic N) is 2. The first kappa shape index (κ1) is 13.8. The molecule has 1 saturated heterocycles. The molecule has 1 aromatic carbocycles. The van der Waals surface area contributed by atoms with Crippen molar-refractivity contribution in [3.63, 3.8) is 0 Å². The molecule has 0 radical (unpaired) electrons. The van der Waals surface area contributed by atoms with Gasteiger partial charge in [-0.1, -0.05) is 29.8 Å². The van der Waals surface area contributed by atoms with Gasteiger partial charge < -0.3 is 9.64 Å². The summed E-state index contributed by atoms with van der Waals surface area (Å²) in [5.74, 6) is 0.0276. The highest BCUT2D eigenvalue weighted by molar-refractivity contribution is 5.95. The normalized spacial score (nSPS) is 15.0. The van der Waals surface area contributed by atoms with E-state index in [1.54, 1.807) is 12.4 Å². The second-order valence-corrected chi connectivity index (χ2v) is 5.23. The number of carbonyl (C=O) groups is 1. The van der Waals surface area contributed by atoms with E-state index in [9.17, 15) is 4.79 Å². The lowest BCUT2D eigenvalue weighted by Crippen LogP contribution is -2.40. The largest absolute Gasteiger partial charge is 0.378 e. The molecule has 1 amide bonds. The number of aromatic nitrogens is 1. The predicted octanol–water partition coefficient (Wildman–Crippen LogP) is 2.53. The number of aryl methyl sites for hydroxylation is 1. The molecule has 3 rings (SSSR count). The molecule has 1 aliphatic heterocycles. The molecule has 2 aromatic rings. The van der Waals surface area contributed by atoms with Crippen LogP contribution in [-0.2, 0) is 4.74 Å². The van der Waals surface area contributed by atoms with Crippen molar-refractivity contribution >= 4 is 5.91 Å². The summed E-state index contributed by atoms with van der Waals surface area (Å²) in [4.78, 5) is 18.5. The summed E-state index contributed by atoms with van der Waals surface area (Å²) in [6.45, 7) is 4.56. The molecule has 1 aromatic heterocycles. The van der Waals surface area contributed by atoms with E-state index in [0.717, 1.165) is 11.1 Å². The first-order chi connectivity index (χ1) is 10.2. The van der Waals surface area contributed by atoms with Gasteiger partial charge in [0.1, 0.15) is 0 Å². The van der Waals surface area contributed by atoms with Crippen LogP contribution in [0.3, 0.4) is 0 Å². The minimum atomic E-state index is 0.0276. The van der Waals surface area contributed by atoms with Gasteiger partial charge in [0.25, 0.3) is 5.91 Å². The van der Waals surface area contributed by atoms with Gasteiger partial charge in [0.05, 0.1) is 18.8 Å². The number of rotatable bonds is 2. The van der Waals surface area contributed by atoms with Crippen molar-refractivity contribution in [1.29, 1.82) is 0 Å². The maximum absolute atomic E-state index is 12.5. The summed E-state index contributed by atoms with van der Waals surface area (Å²) < 4.78 is 5.28. The van der Waals surface area contributed by atoms with Gasteiger partial charge >= 0.3 is 0 Å². The van der Waals surface area contributed by atoms with E-state index in [1.807, 2.05) is 11.0 Å². The molecular weight excluding hydrogens is 264 g/mol. The highest BCUT2D eigenvalue weighted by Crippen LogP contribution is 2.20. The molecule has 21 heavy (non-hydrogen) atoms. The van der Waals surface area contributed by atoms with Crippen molar-refractivity contribution in [2.45, 2.75) is 6.92 Å². The van der Waals surface area contributed by atoms with Gasteiger partial charge in [-0.25, -0.2) is 0 Å². The number of hydrogen-bond donors (Lipinski definition) is 0. The van der Waals surface area contributed by atoms with Crippen LogP contribution in [0.5, 0.6) is 0 Å². The fourth-order valence-corrected chi connectivity index (χ4v) is 2.41. The van der Waals surface area contributed by atoms with E-state index < -0.39 is 0 Å². The molecule has 2 heterocycles. The Kier molecular flexibility index (Phi) is 3.97. The van der Waals surface area contributed by atoms with E-state index >= 15 is 0 Å². The number of pyridine rings is 1. The lowest BCUT2D eigenvalue weighted by molar-refractivity contribution is 0.0302. The molecule has 0 unspecified atom stereocenters. The van der Waals surface area contributed by atoms with Crippen molar-refractivity contribution in [3.05, 3.63) is 53.9 Å². The van der Waals surface area contributed by atoms with Gasteiger partial charge in [0, 0.05) is 31.0 Å². The van der Waals surface area contributed by atoms with Crippen LogP contribution >= 0.6 is 0 Å². The van der Waals surface area contributed by atoms with Gasteiger partial charge in [-0.05, 0) is 18.6 Å². The monoisotopic (exact) mass is 282 g/mol. The molecule has 0 aliphatic carbocycles. The zero-order valence-electron chi connectivity index (χ0n) is 12.1. The molecule has 108 valence electrons. The zero-order chi connectivity index (χ0) is 14.7. The second-order valence-electron chi connectivity index (χ2n) is 5.23. The standard InChI is InChI=1S/C17H18N2O2/c1-13-2-4-14(5-3-13)15-10-16(12-18-11-15)17(20)19-6-8-21-9-7-19/h2-5,10-12H,6-9H2,1H3. The zero-order valence-corrected chi connectivity index (χ0v) is 12.1. The van der Waals surface area contributed by atoms with Crippen LogP contribution in [0.1, 0.15) is 15.9 Å². The fourth-order valence-electron chi connectivity index (χ4n) is 2.41. The van der Waals surface area contributed by atoms with Crippen molar-refractivity contribution in [2.24, 2.45) is 0 Å². The maximum Gasteiger partial charge on any atom is 0.255 e. The Bertz CT molecular complexity index is 631. The molecule has 1 fully saturated rings. The predicted molar refractivity (Wildman–Crippen MR) is 81.1 cm³/mol. The quantitative estimate of drug-likeness (QED) is 0.850. The third-order valence-electron chi connectivity index (χ3n) is 3.67. The maximum atomic E-state index is 12.5. The summed E-state index contributed by atoms with van der Waals surface area (Å²) in [6.07, 6.45) is 3.43. The molecule has 4 nitrogen and oxygen atoms in total. The highest BCUT2D eigenvalue weighted by Gasteiger charge is 2.19. The first-order valence-electron chi connectivity index (χ1n) is 7.13. The Hall–Kier alpha value is -2.20. The molecule has 0 saturated carbocycles. The summed E-state index contributed by atoms with van der Waals surface area (Å²) in [6, 6.07) is 10.1. The van der Waals surface area contributed by atoms with Gasteiger partial charge in [-0.15, -0.1) is 0 Å². The van der Waals surface area contributed by atoms with Crippen LogP contribution in [0.25, 0.3) is 11.1 Å². The summed E-state index contributed by atoms with van der Waals surface area (Å²) in [5, 5.41) is 0. The fraction of sp³-hybridized carbons (Fsp3) is 0.294. The van der Waals surface area contributed by atoms with Gasteiger partial charge in [0.15, 0.2) is 0 Å². The van der Waals surface area contributed by atoms with Crippen LogP contribution in [-0.4, -0.2) is 42.1 Å². The van der Waals surface area contributed by atoms with Crippen LogP contribution in [0, 0.1) is 6.92 Å². The van der Waals surface area contributed by atoms with Crippen molar-refractivity contribution in [1.82, 2.24) is 9.88 Å². The number of amides is 1. The van der Waals surface area contributed by atoms with Crippen LogP contribution in [0.2, 0.25) is 0 Å². The molecule has 4 heteroatoms. The third-order valence-corrected chi connectivity index (χ3v) is 3.67. The Labute approximate surface area is 124 Å². The number of carbonyl (C=O) groups excluding carboxylic acids is 1. The number of hydrogen-bond acceptors (Lipinski definition) is 3. The van der Waals surface area contributed by atoms with Crippen molar-refractivity contribution in [2.75, 3.05) is 26.3 Å². The second kappa shape index (κ2) is 6.06. The Balaban J connectivity index is 1.85. The molecular formula is C17H18N2O2. The topological polar surface area (TPSA) is 42.4 Å². The lowest BCUT2D eigenvalue weighted by atomic mass is 10.0. The van der Waals surface area contributed by atoms with Gasteiger partial charge in [-0.2, -0.15) is 0 Å². The molecule has 0 spiro atoms. The van der Waals surface area contributed by atoms with E-state index in [0.29, 0.717) is 31.9 Å². The summed E-state index contributed by atoms with van der Waals surface area (Å²) in [5.41, 5.74) is 3.89. The molecule has 0 N–H and O–H groups in total. The van der Waals surface area contributed by atoms with Crippen molar-refractivity contribution < 1.29 is 9.53 Å². The van der Waals surface area contributed by atoms with Crippen LogP contribution < -0.4 is 0 Å². The van der Waals surface area contributed by atoms with E-state index in [2.05, 4.69) is 36.2 Å². The number of ether oxygens (including phenoxy) is 1. The van der Waals surface area contributed by atoms with Crippen molar-refractivity contribution in [3.8, 4) is 11.1 Å². The summed E-state index contributed by atoms with van der Waals surface area (Å²) in [7, 11) is 0. The Morgan fingerprint density at radius 3 is 2.52 bits per heavy atom. The highest BCUT2D eigenvalue weighted by atomic mass is 16.5. The Morgan fingerprint density at radius 1 is 1.10 bits per heavy atom. The first-order valence-corrected chi connectivity index (χ1v) is 7.13. The van der Waals surface area contributed by atoms with E-state index in [4.69, 9.17) is 4.74 Å². The molecule has 0 atom stereocenters. The third kappa shape index (κ3) is 3.11. The van der Waals surface area contributed by atoms with Crippen LogP contribution in [0.15, 0.2) is 42.7 Å². The van der Waals surface area contributed by atoms with Crippen LogP contribution in [0.4, 0.5) is 0 Å². The average molecular weight is 282 g/mol. The number of morpholine rings is 1. The minimum Gasteiger partial charge on any atom is -0.378 e. The van der Waals surface area contributed by atoms with Gasteiger partial charge in [0.2, 0.25) is 0 Å². The lowest BCUT2D eigenvalue weighted by Gasteiger charge is -2.26. The summed E-state index contributed by atoms with van der Waals surface area (Å²) >= 11 is 0.